The fourth-order valence-corrected chi connectivity index (χ4v) is 2.95. The van der Waals surface area contributed by atoms with Crippen LogP contribution in [-0.4, -0.2) is 11.7 Å². The number of aliphatic hydroxyl groups is 1. The van der Waals surface area contributed by atoms with E-state index in [1.807, 2.05) is 6.92 Å². The van der Waals surface area contributed by atoms with Crippen molar-refractivity contribution < 1.29 is 5.11 Å². The minimum absolute atomic E-state index is 0.136. The van der Waals surface area contributed by atoms with Crippen molar-refractivity contribution in [1.82, 2.24) is 0 Å². The molecule has 2 heteroatoms. The second-order valence-corrected chi connectivity index (χ2v) is 5.85. The van der Waals surface area contributed by atoms with E-state index in [-0.39, 0.29) is 6.61 Å². The van der Waals surface area contributed by atoms with Gasteiger partial charge in [0.1, 0.15) is 0 Å². The summed E-state index contributed by atoms with van der Waals surface area (Å²) >= 11 is 0. The molecule has 18 heavy (non-hydrogen) atoms. The standard InChI is InChI=1S/C16H25NO/c1-16(17,11-12-18)15-9-7-14(8-10-15)13-5-3-2-4-6-13/h7-10,13,18H,2-6,11-12,17H2,1H3. The second-order valence-electron chi connectivity index (χ2n) is 5.85. The Labute approximate surface area is 110 Å². The lowest BCUT2D eigenvalue weighted by Gasteiger charge is -2.26. The zero-order valence-corrected chi connectivity index (χ0v) is 11.4. The van der Waals surface area contributed by atoms with Gasteiger partial charge in [0.15, 0.2) is 0 Å². The molecule has 1 aromatic carbocycles. The number of nitrogens with two attached hydrogens (primary N) is 1. The summed E-state index contributed by atoms with van der Waals surface area (Å²) in [4.78, 5) is 0. The molecule has 0 amide bonds. The highest BCUT2D eigenvalue weighted by molar-refractivity contribution is 5.30. The molecule has 0 bridgehead atoms. The topological polar surface area (TPSA) is 46.2 Å². The molecule has 0 saturated heterocycles. The molecule has 1 saturated carbocycles. The Hall–Kier alpha value is -0.860. The molecule has 2 nitrogen and oxygen atoms in total. The van der Waals surface area contributed by atoms with Crippen LogP contribution in [0.3, 0.4) is 0 Å². The third kappa shape index (κ3) is 3.12. The molecule has 0 heterocycles. The number of aliphatic hydroxyl groups excluding tert-OH is 1. The number of benzene rings is 1. The van der Waals surface area contributed by atoms with Gasteiger partial charge < -0.3 is 10.8 Å². The van der Waals surface area contributed by atoms with E-state index in [2.05, 4.69) is 24.3 Å². The normalized spacial score (nSPS) is 20.6. The first kappa shape index (κ1) is 13.6. The summed E-state index contributed by atoms with van der Waals surface area (Å²) in [5.74, 6) is 0.745. The Morgan fingerprint density at radius 1 is 1.17 bits per heavy atom. The molecule has 0 aliphatic heterocycles. The van der Waals surface area contributed by atoms with E-state index in [0.717, 1.165) is 11.5 Å². The van der Waals surface area contributed by atoms with Crippen molar-refractivity contribution in [3.8, 4) is 0 Å². The number of hydrogen-bond acceptors (Lipinski definition) is 2. The third-order valence-corrected chi connectivity index (χ3v) is 4.28. The maximum absolute atomic E-state index is 9.04. The van der Waals surface area contributed by atoms with E-state index in [4.69, 9.17) is 10.8 Å². The van der Waals surface area contributed by atoms with Crippen LogP contribution in [-0.2, 0) is 5.54 Å². The summed E-state index contributed by atoms with van der Waals surface area (Å²) in [7, 11) is 0. The van der Waals surface area contributed by atoms with Crippen molar-refractivity contribution in [2.24, 2.45) is 5.73 Å². The van der Waals surface area contributed by atoms with Crippen LogP contribution in [0.2, 0.25) is 0 Å². The van der Waals surface area contributed by atoms with Crippen molar-refractivity contribution in [2.75, 3.05) is 6.61 Å². The fraction of sp³-hybridized carbons (Fsp3) is 0.625. The molecular weight excluding hydrogens is 222 g/mol. The highest BCUT2D eigenvalue weighted by Crippen LogP contribution is 2.33. The van der Waals surface area contributed by atoms with Crippen LogP contribution >= 0.6 is 0 Å². The first-order valence-electron chi connectivity index (χ1n) is 7.13. The lowest BCUT2D eigenvalue weighted by molar-refractivity contribution is 0.247. The fourth-order valence-electron chi connectivity index (χ4n) is 2.95. The molecule has 100 valence electrons. The number of hydrogen-bond donors (Lipinski definition) is 2. The first-order chi connectivity index (χ1) is 8.63. The smallest absolute Gasteiger partial charge is 0.0451 e. The van der Waals surface area contributed by atoms with Gasteiger partial charge in [-0.3, -0.25) is 0 Å². The summed E-state index contributed by atoms with van der Waals surface area (Å²) in [6, 6.07) is 8.74. The van der Waals surface area contributed by atoms with Crippen LogP contribution in [0.25, 0.3) is 0 Å². The molecule has 1 aliphatic carbocycles. The molecule has 2 rings (SSSR count). The monoisotopic (exact) mass is 247 g/mol. The van der Waals surface area contributed by atoms with E-state index in [9.17, 15) is 0 Å². The van der Waals surface area contributed by atoms with Crippen LogP contribution in [0.5, 0.6) is 0 Å². The van der Waals surface area contributed by atoms with Gasteiger partial charge in [0, 0.05) is 12.1 Å². The van der Waals surface area contributed by atoms with E-state index in [1.54, 1.807) is 0 Å². The lowest BCUT2D eigenvalue weighted by Crippen LogP contribution is -2.33. The Morgan fingerprint density at radius 2 is 1.78 bits per heavy atom. The third-order valence-electron chi connectivity index (χ3n) is 4.28. The van der Waals surface area contributed by atoms with Crippen LogP contribution in [0.15, 0.2) is 24.3 Å². The van der Waals surface area contributed by atoms with E-state index in [1.165, 1.54) is 37.7 Å². The SMILES string of the molecule is CC(N)(CCO)c1ccc(C2CCCCC2)cc1. The van der Waals surface area contributed by atoms with Gasteiger partial charge in [-0.15, -0.1) is 0 Å². The predicted octanol–water partition coefficient (Wildman–Crippen LogP) is 3.29. The van der Waals surface area contributed by atoms with Crippen molar-refractivity contribution in [1.29, 1.82) is 0 Å². The molecular formula is C16H25NO. The van der Waals surface area contributed by atoms with E-state index < -0.39 is 5.54 Å². The number of rotatable bonds is 4. The van der Waals surface area contributed by atoms with Gasteiger partial charge in [-0.2, -0.15) is 0 Å². The molecule has 3 N–H and O–H groups in total. The van der Waals surface area contributed by atoms with Crippen LogP contribution in [0, 0.1) is 0 Å². The highest BCUT2D eigenvalue weighted by Gasteiger charge is 2.21. The Morgan fingerprint density at radius 3 is 2.33 bits per heavy atom. The Balaban J connectivity index is 2.09. The average Bonchev–Trinajstić information content (AvgIpc) is 2.40. The summed E-state index contributed by atoms with van der Waals surface area (Å²) in [6.45, 7) is 2.12. The summed E-state index contributed by atoms with van der Waals surface area (Å²) in [5.41, 5.74) is 8.38. The van der Waals surface area contributed by atoms with Crippen LogP contribution in [0.1, 0.15) is 62.5 Å². The Kier molecular flexibility index (Phi) is 4.41. The quantitative estimate of drug-likeness (QED) is 0.857. The molecule has 0 spiro atoms. The molecule has 1 atom stereocenters. The van der Waals surface area contributed by atoms with E-state index in [0.29, 0.717) is 6.42 Å². The molecule has 1 unspecified atom stereocenters. The van der Waals surface area contributed by atoms with Gasteiger partial charge in [-0.25, -0.2) is 0 Å². The highest BCUT2D eigenvalue weighted by atomic mass is 16.3. The molecule has 1 fully saturated rings. The second kappa shape index (κ2) is 5.85. The lowest BCUT2D eigenvalue weighted by atomic mass is 9.82. The molecule has 0 aromatic heterocycles. The Bertz CT molecular complexity index is 363. The maximum atomic E-state index is 9.04. The summed E-state index contributed by atoms with van der Waals surface area (Å²) in [6.07, 6.45) is 7.39. The van der Waals surface area contributed by atoms with Gasteiger partial charge in [0.2, 0.25) is 0 Å². The minimum Gasteiger partial charge on any atom is -0.396 e. The van der Waals surface area contributed by atoms with Gasteiger partial charge in [-0.1, -0.05) is 43.5 Å². The largest absolute Gasteiger partial charge is 0.396 e. The van der Waals surface area contributed by atoms with E-state index >= 15 is 0 Å². The molecule has 1 aromatic rings. The predicted molar refractivity (Wildman–Crippen MR) is 75.5 cm³/mol. The molecule has 0 radical (unpaired) electrons. The first-order valence-corrected chi connectivity index (χ1v) is 7.13. The van der Waals surface area contributed by atoms with Crippen molar-refractivity contribution in [3.63, 3.8) is 0 Å². The van der Waals surface area contributed by atoms with Crippen molar-refractivity contribution >= 4 is 0 Å². The van der Waals surface area contributed by atoms with Crippen LogP contribution in [0.4, 0.5) is 0 Å². The summed E-state index contributed by atoms with van der Waals surface area (Å²) < 4.78 is 0. The average molecular weight is 247 g/mol. The van der Waals surface area contributed by atoms with Crippen molar-refractivity contribution in [2.45, 2.75) is 56.9 Å². The van der Waals surface area contributed by atoms with Gasteiger partial charge in [0.05, 0.1) is 0 Å². The minimum atomic E-state index is -0.417. The summed E-state index contributed by atoms with van der Waals surface area (Å²) in [5, 5.41) is 9.04. The zero-order chi connectivity index (χ0) is 13.0. The van der Waals surface area contributed by atoms with Gasteiger partial charge >= 0.3 is 0 Å². The van der Waals surface area contributed by atoms with Crippen LogP contribution < -0.4 is 5.73 Å². The van der Waals surface area contributed by atoms with Crippen molar-refractivity contribution in [3.05, 3.63) is 35.4 Å². The molecule has 1 aliphatic rings. The van der Waals surface area contributed by atoms with Gasteiger partial charge in [-0.05, 0) is 43.2 Å². The van der Waals surface area contributed by atoms with Gasteiger partial charge in [0.25, 0.3) is 0 Å². The maximum Gasteiger partial charge on any atom is 0.0451 e. The zero-order valence-electron chi connectivity index (χ0n) is 11.4.